The molecule has 0 fully saturated rings. The Morgan fingerprint density at radius 2 is 1.44 bits per heavy atom. The van der Waals surface area contributed by atoms with Crippen LogP contribution in [0.15, 0.2) is 30.3 Å². The number of fused-ring (bicyclic) bond motifs is 1. The van der Waals surface area contributed by atoms with E-state index in [4.69, 9.17) is 9.16 Å². The van der Waals surface area contributed by atoms with E-state index in [9.17, 15) is 0 Å². The summed E-state index contributed by atoms with van der Waals surface area (Å²) in [6.07, 6.45) is 0. The number of rotatable bonds is 7. The molecule has 2 rings (SSSR count). The molecule has 25 heavy (non-hydrogen) atoms. The predicted molar refractivity (Wildman–Crippen MR) is 111 cm³/mol. The van der Waals surface area contributed by atoms with Crippen molar-refractivity contribution in [2.24, 2.45) is 0 Å². The van der Waals surface area contributed by atoms with Gasteiger partial charge in [0.15, 0.2) is 0 Å². The Kier molecular flexibility index (Phi) is 6.34. The molecule has 0 aliphatic rings. The molecule has 138 valence electrons. The molecule has 0 aromatic heterocycles. The first kappa shape index (κ1) is 20.0. The van der Waals surface area contributed by atoms with E-state index in [0.717, 1.165) is 11.3 Å². The first-order valence-electron chi connectivity index (χ1n) is 9.43. The second kappa shape index (κ2) is 7.92. The van der Waals surface area contributed by atoms with Crippen LogP contribution >= 0.6 is 0 Å². The van der Waals surface area contributed by atoms with E-state index in [1.807, 2.05) is 0 Å². The van der Waals surface area contributed by atoms with Crippen LogP contribution in [-0.4, -0.2) is 15.4 Å². The Labute approximate surface area is 154 Å². The smallest absolute Gasteiger partial charge is 0.200 e. The summed E-state index contributed by atoms with van der Waals surface area (Å²) in [5.74, 6) is 0.926. The molecule has 0 aliphatic carbocycles. The SMILES string of the molecule is COc1cc2ccc(C)cc2cc1CO[Si](C(C)C)(C(C)C)C(C)C. The number of benzene rings is 2. The Hall–Kier alpha value is -1.32. The third-order valence-corrected chi connectivity index (χ3v) is 11.6. The Bertz CT molecular complexity index is 698. The van der Waals surface area contributed by atoms with Gasteiger partial charge in [-0.15, -0.1) is 0 Å². The maximum Gasteiger partial charge on any atom is 0.200 e. The summed E-state index contributed by atoms with van der Waals surface area (Å²) >= 11 is 0. The molecule has 2 aromatic rings. The van der Waals surface area contributed by atoms with E-state index in [0.29, 0.717) is 23.2 Å². The molecule has 0 unspecified atom stereocenters. The van der Waals surface area contributed by atoms with Crippen molar-refractivity contribution in [3.63, 3.8) is 0 Å². The largest absolute Gasteiger partial charge is 0.496 e. The number of ether oxygens (including phenoxy) is 1. The molecule has 0 amide bonds. The van der Waals surface area contributed by atoms with Crippen LogP contribution in [0.2, 0.25) is 16.6 Å². The highest BCUT2D eigenvalue weighted by atomic mass is 28.4. The summed E-state index contributed by atoms with van der Waals surface area (Å²) < 4.78 is 12.4. The van der Waals surface area contributed by atoms with E-state index in [2.05, 4.69) is 78.8 Å². The fourth-order valence-electron chi connectivity index (χ4n) is 4.45. The van der Waals surface area contributed by atoms with Crippen molar-refractivity contribution in [1.82, 2.24) is 0 Å². The highest BCUT2D eigenvalue weighted by Crippen LogP contribution is 2.43. The van der Waals surface area contributed by atoms with Gasteiger partial charge in [-0.25, -0.2) is 0 Å². The number of methoxy groups -OCH3 is 1. The van der Waals surface area contributed by atoms with Crippen LogP contribution in [0.25, 0.3) is 10.8 Å². The molecule has 0 saturated carbocycles. The number of hydrogen-bond acceptors (Lipinski definition) is 2. The zero-order chi connectivity index (χ0) is 18.8. The minimum absolute atomic E-state index is 0.584. The van der Waals surface area contributed by atoms with Crippen LogP contribution in [0.1, 0.15) is 52.7 Å². The van der Waals surface area contributed by atoms with Crippen molar-refractivity contribution >= 4 is 19.1 Å². The van der Waals surface area contributed by atoms with E-state index in [-0.39, 0.29) is 0 Å². The molecule has 0 spiro atoms. The van der Waals surface area contributed by atoms with Gasteiger partial charge >= 0.3 is 0 Å². The fraction of sp³-hybridized carbons (Fsp3) is 0.545. The monoisotopic (exact) mass is 358 g/mol. The molecular formula is C22H34O2Si. The van der Waals surface area contributed by atoms with Crippen LogP contribution in [-0.2, 0) is 11.0 Å². The molecule has 0 saturated heterocycles. The average Bonchev–Trinajstić information content (AvgIpc) is 2.53. The fourth-order valence-corrected chi connectivity index (χ4v) is 9.85. The van der Waals surface area contributed by atoms with E-state index < -0.39 is 8.32 Å². The molecular weight excluding hydrogens is 324 g/mol. The van der Waals surface area contributed by atoms with Gasteiger partial charge in [0.1, 0.15) is 5.75 Å². The van der Waals surface area contributed by atoms with Crippen LogP contribution in [0, 0.1) is 6.92 Å². The maximum absolute atomic E-state index is 6.78. The van der Waals surface area contributed by atoms with Gasteiger partial charge in [-0.2, -0.15) is 0 Å². The quantitative estimate of drug-likeness (QED) is 0.504. The van der Waals surface area contributed by atoms with Gasteiger partial charge in [0, 0.05) is 5.56 Å². The van der Waals surface area contributed by atoms with Gasteiger partial charge in [0.2, 0.25) is 8.32 Å². The molecule has 0 aliphatic heterocycles. The summed E-state index contributed by atoms with van der Waals surface area (Å²) in [6, 6.07) is 10.9. The van der Waals surface area contributed by atoms with Gasteiger partial charge in [-0.3, -0.25) is 0 Å². The number of hydrogen-bond donors (Lipinski definition) is 0. The molecule has 0 atom stereocenters. The highest BCUT2D eigenvalue weighted by molar-refractivity contribution is 6.77. The average molecular weight is 359 g/mol. The van der Waals surface area contributed by atoms with Gasteiger partial charge in [0.05, 0.1) is 13.7 Å². The van der Waals surface area contributed by atoms with Crippen molar-refractivity contribution < 1.29 is 9.16 Å². The topological polar surface area (TPSA) is 18.5 Å². The van der Waals surface area contributed by atoms with Gasteiger partial charge in [-0.1, -0.05) is 65.3 Å². The summed E-state index contributed by atoms with van der Waals surface area (Å²) in [4.78, 5) is 0. The lowest BCUT2D eigenvalue weighted by Crippen LogP contribution is -2.47. The van der Waals surface area contributed by atoms with Crippen molar-refractivity contribution in [2.75, 3.05) is 7.11 Å². The van der Waals surface area contributed by atoms with Crippen LogP contribution in [0.4, 0.5) is 0 Å². The zero-order valence-electron chi connectivity index (χ0n) is 17.1. The summed E-state index contributed by atoms with van der Waals surface area (Å²) in [5, 5.41) is 2.47. The predicted octanol–water partition coefficient (Wildman–Crippen LogP) is 6.85. The van der Waals surface area contributed by atoms with Crippen LogP contribution < -0.4 is 4.74 Å². The third-order valence-electron chi connectivity index (χ3n) is 5.58. The molecule has 0 bridgehead atoms. The normalized spacial score (nSPS) is 12.6. The molecule has 2 aromatic carbocycles. The standard InChI is InChI=1S/C22H34O2Si/c1-15(2)25(16(3)4,17(5)6)24-14-21-12-20-11-18(7)9-10-19(20)13-22(21)23-8/h9-13,15-17H,14H2,1-8H3. The maximum atomic E-state index is 6.78. The lowest BCUT2D eigenvalue weighted by molar-refractivity contribution is 0.260. The van der Waals surface area contributed by atoms with Gasteiger partial charge in [-0.05, 0) is 46.5 Å². The van der Waals surface area contributed by atoms with E-state index >= 15 is 0 Å². The highest BCUT2D eigenvalue weighted by Gasteiger charge is 2.45. The van der Waals surface area contributed by atoms with Gasteiger partial charge in [0.25, 0.3) is 0 Å². The Balaban J connectivity index is 2.41. The molecule has 3 heteroatoms. The molecule has 0 heterocycles. The lowest BCUT2D eigenvalue weighted by Gasteiger charge is -2.42. The van der Waals surface area contributed by atoms with Crippen LogP contribution in [0.3, 0.4) is 0 Å². The molecule has 2 nitrogen and oxygen atoms in total. The van der Waals surface area contributed by atoms with Crippen molar-refractivity contribution in [1.29, 1.82) is 0 Å². The second-order valence-corrected chi connectivity index (χ2v) is 13.6. The lowest BCUT2D eigenvalue weighted by atomic mass is 10.0. The second-order valence-electron chi connectivity index (χ2n) is 8.12. The Morgan fingerprint density at radius 3 is 1.96 bits per heavy atom. The van der Waals surface area contributed by atoms with Crippen LogP contribution in [0.5, 0.6) is 5.75 Å². The first-order chi connectivity index (χ1) is 11.7. The van der Waals surface area contributed by atoms with Crippen molar-refractivity contribution in [2.45, 2.75) is 71.7 Å². The zero-order valence-corrected chi connectivity index (χ0v) is 18.1. The minimum Gasteiger partial charge on any atom is -0.496 e. The third kappa shape index (κ3) is 3.93. The Morgan fingerprint density at radius 1 is 0.840 bits per heavy atom. The van der Waals surface area contributed by atoms with E-state index in [1.165, 1.54) is 16.3 Å². The molecule has 0 radical (unpaired) electrons. The van der Waals surface area contributed by atoms with Crippen molar-refractivity contribution in [3.05, 3.63) is 41.5 Å². The van der Waals surface area contributed by atoms with E-state index in [1.54, 1.807) is 7.11 Å². The number of aryl methyl sites for hydroxylation is 1. The molecule has 0 N–H and O–H groups in total. The summed E-state index contributed by atoms with van der Waals surface area (Å²) in [5.41, 5.74) is 4.18. The summed E-state index contributed by atoms with van der Waals surface area (Å²) in [6.45, 7) is 16.7. The first-order valence-corrected chi connectivity index (χ1v) is 11.6. The minimum atomic E-state index is -1.88. The van der Waals surface area contributed by atoms with Crippen molar-refractivity contribution in [3.8, 4) is 5.75 Å². The summed E-state index contributed by atoms with van der Waals surface area (Å²) in [7, 11) is -0.133. The van der Waals surface area contributed by atoms with Gasteiger partial charge < -0.3 is 9.16 Å².